The summed E-state index contributed by atoms with van der Waals surface area (Å²) in [6.07, 6.45) is 5.48. The van der Waals surface area contributed by atoms with Crippen LogP contribution >= 0.6 is 11.8 Å². The molecule has 1 aliphatic rings. The van der Waals surface area contributed by atoms with Crippen molar-refractivity contribution in [2.24, 2.45) is 5.92 Å². The van der Waals surface area contributed by atoms with Crippen LogP contribution < -0.4 is 10.6 Å². The third-order valence-electron chi connectivity index (χ3n) is 5.40. The average Bonchev–Trinajstić information content (AvgIpc) is 2.71. The molecule has 3 rings (SSSR count). The van der Waals surface area contributed by atoms with Crippen molar-refractivity contribution in [3.8, 4) is 0 Å². The Bertz CT molecular complexity index is 875. The molecule has 0 spiro atoms. The molecule has 0 aliphatic heterocycles. The summed E-state index contributed by atoms with van der Waals surface area (Å²) in [7, 11) is 0. The summed E-state index contributed by atoms with van der Waals surface area (Å²) < 4.78 is 0. The van der Waals surface area contributed by atoms with Crippen molar-refractivity contribution >= 4 is 35.0 Å². The Balaban J connectivity index is 1.58. The van der Waals surface area contributed by atoms with Gasteiger partial charge in [-0.05, 0) is 63.4 Å². The second-order valence-electron chi connectivity index (χ2n) is 7.92. The molecule has 2 amide bonds. The van der Waals surface area contributed by atoms with Crippen LogP contribution in [-0.4, -0.2) is 17.1 Å². The van der Waals surface area contributed by atoms with Crippen molar-refractivity contribution in [1.82, 2.24) is 0 Å². The lowest BCUT2D eigenvalue weighted by molar-refractivity contribution is -0.120. The van der Waals surface area contributed by atoms with Gasteiger partial charge in [-0.1, -0.05) is 43.0 Å². The van der Waals surface area contributed by atoms with Crippen LogP contribution in [0, 0.1) is 19.8 Å². The van der Waals surface area contributed by atoms with Gasteiger partial charge in [0, 0.05) is 22.2 Å². The van der Waals surface area contributed by atoms with Crippen molar-refractivity contribution in [2.75, 3.05) is 10.6 Å². The number of thioether (sulfide) groups is 1. The van der Waals surface area contributed by atoms with Gasteiger partial charge in [-0.3, -0.25) is 9.59 Å². The summed E-state index contributed by atoms with van der Waals surface area (Å²) in [5, 5.41) is 5.82. The molecule has 29 heavy (non-hydrogen) atoms. The van der Waals surface area contributed by atoms with Gasteiger partial charge in [0.1, 0.15) is 0 Å². The minimum atomic E-state index is -0.250. The Kier molecular flexibility index (Phi) is 7.37. The number of hydrogen-bond acceptors (Lipinski definition) is 3. The standard InChI is InChI=1S/C24H30N2O2S/c1-16-12-13-22(17(2)14-16)26-23(27)18(3)29-21-11-7-10-20(15-21)25-24(28)19-8-5-4-6-9-19/h7,10-15,18-19H,4-6,8-9H2,1-3H3,(H,25,28)(H,26,27). The molecule has 1 atom stereocenters. The number of amides is 2. The molecule has 0 saturated heterocycles. The van der Waals surface area contributed by atoms with E-state index in [2.05, 4.69) is 16.7 Å². The van der Waals surface area contributed by atoms with E-state index in [-0.39, 0.29) is 23.0 Å². The largest absolute Gasteiger partial charge is 0.326 e. The van der Waals surface area contributed by atoms with Crippen molar-refractivity contribution in [2.45, 2.75) is 63.0 Å². The summed E-state index contributed by atoms with van der Waals surface area (Å²) in [5.41, 5.74) is 3.88. The quantitative estimate of drug-likeness (QED) is 0.579. The van der Waals surface area contributed by atoms with Crippen molar-refractivity contribution in [1.29, 1.82) is 0 Å². The third-order valence-corrected chi connectivity index (χ3v) is 6.49. The highest BCUT2D eigenvalue weighted by molar-refractivity contribution is 8.00. The maximum atomic E-state index is 12.6. The van der Waals surface area contributed by atoms with Crippen LogP contribution in [-0.2, 0) is 9.59 Å². The molecule has 154 valence electrons. The van der Waals surface area contributed by atoms with Crippen LogP contribution in [0.4, 0.5) is 11.4 Å². The lowest BCUT2D eigenvalue weighted by Gasteiger charge is -2.21. The number of carbonyl (C=O) groups excluding carboxylic acids is 2. The highest BCUT2D eigenvalue weighted by atomic mass is 32.2. The molecule has 1 saturated carbocycles. The number of aryl methyl sites for hydroxylation is 2. The fraction of sp³-hybridized carbons (Fsp3) is 0.417. The highest BCUT2D eigenvalue weighted by Crippen LogP contribution is 2.29. The summed E-state index contributed by atoms with van der Waals surface area (Å²) in [6.45, 7) is 5.94. The zero-order valence-corrected chi connectivity index (χ0v) is 18.3. The molecule has 2 aromatic carbocycles. The van der Waals surface area contributed by atoms with Crippen LogP contribution in [0.5, 0.6) is 0 Å². The van der Waals surface area contributed by atoms with E-state index in [9.17, 15) is 9.59 Å². The van der Waals surface area contributed by atoms with Crippen LogP contribution in [0.1, 0.15) is 50.2 Å². The Morgan fingerprint density at radius 1 is 1.00 bits per heavy atom. The molecule has 4 nitrogen and oxygen atoms in total. The van der Waals surface area contributed by atoms with Crippen LogP contribution in [0.2, 0.25) is 0 Å². The van der Waals surface area contributed by atoms with Gasteiger partial charge >= 0.3 is 0 Å². The van der Waals surface area contributed by atoms with Gasteiger partial charge in [0.15, 0.2) is 0 Å². The Morgan fingerprint density at radius 2 is 1.76 bits per heavy atom. The van der Waals surface area contributed by atoms with Crippen molar-refractivity contribution in [3.05, 3.63) is 53.6 Å². The highest BCUT2D eigenvalue weighted by Gasteiger charge is 2.21. The predicted octanol–water partition coefficient (Wildman–Crippen LogP) is 5.94. The minimum Gasteiger partial charge on any atom is -0.326 e. The first-order valence-electron chi connectivity index (χ1n) is 10.4. The van der Waals surface area contributed by atoms with E-state index in [1.807, 2.05) is 57.2 Å². The number of rotatable bonds is 6. The smallest absolute Gasteiger partial charge is 0.237 e. The third kappa shape index (κ3) is 6.10. The molecule has 1 aliphatic carbocycles. The fourth-order valence-corrected chi connectivity index (χ4v) is 4.63. The Morgan fingerprint density at radius 3 is 2.48 bits per heavy atom. The second-order valence-corrected chi connectivity index (χ2v) is 9.33. The molecule has 1 fully saturated rings. The summed E-state index contributed by atoms with van der Waals surface area (Å²) in [4.78, 5) is 26.1. The van der Waals surface area contributed by atoms with Gasteiger partial charge in [-0.25, -0.2) is 0 Å². The van der Waals surface area contributed by atoms with E-state index in [1.165, 1.54) is 23.7 Å². The first-order valence-corrected chi connectivity index (χ1v) is 11.3. The molecule has 2 aromatic rings. The van der Waals surface area contributed by atoms with E-state index < -0.39 is 0 Å². The van der Waals surface area contributed by atoms with Gasteiger partial charge in [0.2, 0.25) is 11.8 Å². The number of anilines is 2. The predicted molar refractivity (Wildman–Crippen MR) is 122 cm³/mol. The number of carbonyl (C=O) groups is 2. The molecule has 0 heterocycles. The Hall–Kier alpha value is -2.27. The van der Waals surface area contributed by atoms with Gasteiger partial charge in [-0.15, -0.1) is 11.8 Å². The SMILES string of the molecule is Cc1ccc(NC(=O)C(C)Sc2cccc(NC(=O)C3CCCCC3)c2)c(C)c1. The molecule has 0 radical (unpaired) electrons. The van der Waals surface area contributed by atoms with E-state index in [4.69, 9.17) is 0 Å². The van der Waals surface area contributed by atoms with Crippen LogP contribution in [0.3, 0.4) is 0 Å². The van der Waals surface area contributed by atoms with Crippen LogP contribution in [0.15, 0.2) is 47.4 Å². The monoisotopic (exact) mass is 410 g/mol. The van der Waals surface area contributed by atoms with Crippen LogP contribution in [0.25, 0.3) is 0 Å². The molecular formula is C24H30N2O2S. The van der Waals surface area contributed by atoms with Crippen molar-refractivity contribution in [3.63, 3.8) is 0 Å². The maximum absolute atomic E-state index is 12.6. The zero-order valence-electron chi connectivity index (χ0n) is 17.5. The van der Waals surface area contributed by atoms with E-state index in [0.717, 1.165) is 47.5 Å². The average molecular weight is 411 g/mol. The topological polar surface area (TPSA) is 58.2 Å². The summed E-state index contributed by atoms with van der Waals surface area (Å²) in [6, 6.07) is 13.8. The molecule has 0 bridgehead atoms. The first-order chi connectivity index (χ1) is 13.9. The molecule has 1 unspecified atom stereocenters. The zero-order chi connectivity index (χ0) is 20.8. The van der Waals surface area contributed by atoms with E-state index in [1.54, 1.807) is 0 Å². The lowest BCUT2D eigenvalue weighted by Crippen LogP contribution is -2.24. The van der Waals surface area contributed by atoms with Gasteiger partial charge in [-0.2, -0.15) is 0 Å². The van der Waals surface area contributed by atoms with E-state index in [0.29, 0.717) is 0 Å². The first kappa shape index (κ1) is 21.4. The second kappa shape index (κ2) is 9.97. The minimum absolute atomic E-state index is 0.0291. The number of hydrogen-bond donors (Lipinski definition) is 2. The maximum Gasteiger partial charge on any atom is 0.237 e. The number of nitrogens with one attached hydrogen (secondary N) is 2. The number of benzene rings is 2. The normalized spacial score (nSPS) is 15.6. The molecule has 2 N–H and O–H groups in total. The van der Waals surface area contributed by atoms with Gasteiger partial charge in [0.05, 0.1) is 5.25 Å². The van der Waals surface area contributed by atoms with Gasteiger partial charge in [0.25, 0.3) is 0 Å². The Labute approximate surface area is 177 Å². The molecule has 5 heteroatoms. The van der Waals surface area contributed by atoms with E-state index >= 15 is 0 Å². The lowest BCUT2D eigenvalue weighted by atomic mass is 9.88. The van der Waals surface area contributed by atoms with Gasteiger partial charge < -0.3 is 10.6 Å². The molecular weight excluding hydrogens is 380 g/mol. The fourth-order valence-electron chi connectivity index (χ4n) is 3.70. The summed E-state index contributed by atoms with van der Waals surface area (Å²) >= 11 is 1.49. The molecule has 0 aromatic heterocycles. The van der Waals surface area contributed by atoms with Crippen molar-refractivity contribution < 1.29 is 9.59 Å². The summed E-state index contributed by atoms with van der Waals surface area (Å²) in [5.74, 6) is 0.216.